The first-order valence-corrected chi connectivity index (χ1v) is 9.33. The van der Waals surface area contributed by atoms with Crippen molar-refractivity contribution >= 4 is 17.6 Å². The number of aliphatic carboxylic acids is 1. The van der Waals surface area contributed by atoms with Gasteiger partial charge < -0.3 is 24.1 Å². The normalized spacial score (nSPS) is 15.2. The van der Waals surface area contributed by atoms with E-state index in [0.29, 0.717) is 11.5 Å². The molecule has 1 N–H and O–H groups in total. The van der Waals surface area contributed by atoms with Gasteiger partial charge in [-0.25, -0.2) is 5.01 Å². The maximum absolute atomic E-state index is 12.8. The van der Waals surface area contributed by atoms with Crippen LogP contribution in [0, 0.1) is 0 Å². The van der Waals surface area contributed by atoms with E-state index in [2.05, 4.69) is 5.43 Å². The van der Waals surface area contributed by atoms with Crippen molar-refractivity contribution in [3.8, 4) is 17.2 Å². The van der Waals surface area contributed by atoms with Gasteiger partial charge in [0.1, 0.15) is 5.75 Å². The van der Waals surface area contributed by atoms with Gasteiger partial charge in [0.2, 0.25) is 5.91 Å². The summed E-state index contributed by atoms with van der Waals surface area (Å²) in [6, 6.07) is 12.3. The van der Waals surface area contributed by atoms with E-state index in [4.69, 9.17) is 14.2 Å². The zero-order chi connectivity index (χ0) is 21.7. The van der Waals surface area contributed by atoms with Crippen molar-refractivity contribution in [3.05, 3.63) is 59.7 Å². The van der Waals surface area contributed by atoms with Crippen LogP contribution in [0.15, 0.2) is 48.5 Å². The largest absolute Gasteiger partial charge is 0.550 e. The van der Waals surface area contributed by atoms with Crippen LogP contribution in [0.5, 0.6) is 17.2 Å². The number of methoxy groups -OCH3 is 3. The minimum atomic E-state index is -1.27. The van der Waals surface area contributed by atoms with Gasteiger partial charge in [0.25, 0.3) is 0 Å². The highest BCUT2D eigenvalue weighted by molar-refractivity contribution is 5.83. The average Bonchev–Trinajstić information content (AvgIpc) is 3.22. The molecule has 1 aliphatic rings. The maximum Gasteiger partial charge on any atom is 0.242 e. The zero-order valence-electron chi connectivity index (χ0n) is 17.0. The van der Waals surface area contributed by atoms with Crippen molar-refractivity contribution in [1.29, 1.82) is 0 Å². The van der Waals surface area contributed by atoms with Crippen LogP contribution in [-0.2, 0) is 9.59 Å². The molecule has 2 aromatic rings. The maximum atomic E-state index is 12.8. The lowest BCUT2D eigenvalue weighted by Crippen LogP contribution is -2.40. The summed E-state index contributed by atoms with van der Waals surface area (Å²) < 4.78 is 15.9. The van der Waals surface area contributed by atoms with Crippen molar-refractivity contribution in [2.24, 2.45) is 0 Å². The van der Waals surface area contributed by atoms with Crippen LogP contribution in [-0.4, -0.2) is 38.2 Å². The number of carboxylic acids is 1. The molecule has 0 aliphatic carbocycles. The summed E-state index contributed by atoms with van der Waals surface area (Å²) in [6.45, 7) is 0. The van der Waals surface area contributed by atoms with Crippen molar-refractivity contribution in [2.75, 3.05) is 21.3 Å². The molecule has 8 heteroatoms. The first-order valence-electron chi connectivity index (χ1n) is 9.33. The van der Waals surface area contributed by atoms with Crippen molar-refractivity contribution < 1.29 is 28.9 Å². The Morgan fingerprint density at radius 3 is 2.27 bits per heavy atom. The number of ether oxygens (including phenoxy) is 3. The van der Waals surface area contributed by atoms with Gasteiger partial charge in [-0.15, -0.1) is 0 Å². The first-order chi connectivity index (χ1) is 14.5. The Balaban J connectivity index is 1.95. The van der Waals surface area contributed by atoms with Crippen molar-refractivity contribution in [3.63, 3.8) is 0 Å². The van der Waals surface area contributed by atoms with E-state index >= 15 is 0 Å². The van der Waals surface area contributed by atoms with E-state index in [9.17, 15) is 14.7 Å². The Kier molecular flexibility index (Phi) is 6.46. The summed E-state index contributed by atoms with van der Waals surface area (Å²) in [6.07, 6.45) is 1.37. The molecule has 0 saturated carbocycles. The fourth-order valence-electron chi connectivity index (χ4n) is 3.23. The molecular weight excluding hydrogens is 388 g/mol. The molecule has 0 aromatic heterocycles. The van der Waals surface area contributed by atoms with Gasteiger partial charge in [0.15, 0.2) is 11.5 Å². The third kappa shape index (κ3) is 4.48. The number of rotatable bonds is 8. The van der Waals surface area contributed by atoms with E-state index < -0.39 is 12.0 Å². The van der Waals surface area contributed by atoms with Gasteiger partial charge in [-0.3, -0.25) is 10.2 Å². The van der Waals surface area contributed by atoms with E-state index in [-0.39, 0.29) is 18.7 Å². The highest BCUT2D eigenvalue weighted by Gasteiger charge is 2.31. The quantitative estimate of drug-likeness (QED) is 0.705. The highest BCUT2D eigenvalue weighted by Crippen LogP contribution is 2.36. The van der Waals surface area contributed by atoms with Gasteiger partial charge in [0.05, 0.1) is 33.1 Å². The average molecular weight is 411 g/mol. The molecule has 0 fully saturated rings. The molecule has 0 saturated heterocycles. The Morgan fingerprint density at radius 2 is 1.67 bits per heavy atom. The number of carbonyl (C=O) groups excluding carboxylic acids is 2. The number of benzene rings is 2. The van der Waals surface area contributed by atoms with Crippen LogP contribution in [0.3, 0.4) is 0 Å². The fourth-order valence-corrected chi connectivity index (χ4v) is 3.23. The number of amides is 1. The molecule has 0 bridgehead atoms. The Labute approximate surface area is 174 Å². The lowest BCUT2D eigenvalue weighted by molar-refractivity contribution is -0.305. The third-order valence-corrected chi connectivity index (χ3v) is 4.81. The number of carbonyl (C=O) groups is 2. The van der Waals surface area contributed by atoms with Gasteiger partial charge in [-0.05, 0) is 60.0 Å². The molecule has 0 spiro atoms. The molecule has 2 aromatic carbocycles. The van der Waals surface area contributed by atoms with E-state index in [0.717, 1.165) is 22.6 Å². The second-order valence-electron chi connectivity index (χ2n) is 6.62. The highest BCUT2D eigenvalue weighted by atomic mass is 16.5. The first kappa shape index (κ1) is 21.0. The van der Waals surface area contributed by atoms with Crippen LogP contribution >= 0.6 is 0 Å². The van der Waals surface area contributed by atoms with Gasteiger partial charge in [-0.2, -0.15) is 0 Å². The minimum absolute atomic E-state index is 0.178. The second-order valence-corrected chi connectivity index (χ2v) is 6.62. The second kappa shape index (κ2) is 9.21. The lowest BCUT2D eigenvalue weighted by atomic mass is 10.0. The van der Waals surface area contributed by atoms with E-state index in [1.54, 1.807) is 26.4 Å². The molecule has 1 heterocycles. The van der Waals surface area contributed by atoms with Crippen LogP contribution in [0.2, 0.25) is 0 Å². The van der Waals surface area contributed by atoms with Gasteiger partial charge >= 0.3 is 0 Å². The van der Waals surface area contributed by atoms with E-state index in [1.807, 2.05) is 36.4 Å². The number of nitrogens with zero attached hydrogens (tertiary/aromatic N) is 1. The number of nitrogens with one attached hydrogen (secondary N) is 1. The summed E-state index contributed by atoms with van der Waals surface area (Å²) in [5, 5.41) is 12.2. The molecule has 1 atom stereocenters. The molecular formula is C22H23N2O6-. The molecule has 0 radical (unpaired) electrons. The molecule has 3 rings (SSSR count). The Hall–Kier alpha value is -3.68. The third-order valence-electron chi connectivity index (χ3n) is 4.81. The van der Waals surface area contributed by atoms with Gasteiger partial charge in [-0.1, -0.05) is 6.07 Å². The predicted molar refractivity (Wildman–Crippen MR) is 107 cm³/mol. The molecule has 30 heavy (non-hydrogen) atoms. The summed E-state index contributed by atoms with van der Waals surface area (Å²) >= 11 is 0. The molecule has 1 unspecified atom stereocenters. The molecule has 1 aliphatic heterocycles. The van der Waals surface area contributed by atoms with Gasteiger partial charge in [0, 0.05) is 12.4 Å². The minimum Gasteiger partial charge on any atom is -0.550 e. The fraction of sp³-hybridized carbons (Fsp3) is 0.273. The smallest absolute Gasteiger partial charge is 0.242 e. The number of hydrazine groups is 1. The summed E-state index contributed by atoms with van der Waals surface area (Å²) in [7, 11) is 4.68. The standard InChI is InChI=1S/C22H24N2O6/c1-28-16-7-4-14(5-8-16)17-13-18(24(23-17)21(25)10-11-22(26)27)15-6-9-19(29-2)20(12-15)30-3/h4-9,12-13,18,23H,10-11H2,1-3H3,(H,26,27)/p-1. The topological polar surface area (TPSA) is 100 Å². The molecule has 8 nitrogen and oxygen atoms in total. The Morgan fingerprint density at radius 1 is 0.967 bits per heavy atom. The molecule has 158 valence electrons. The van der Waals surface area contributed by atoms with Crippen LogP contribution in [0.1, 0.15) is 30.0 Å². The van der Waals surface area contributed by atoms with E-state index in [1.165, 1.54) is 12.1 Å². The number of hydrogen-bond donors (Lipinski definition) is 1. The van der Waals surface area contributed by atoms with Crippen LogP contribution < -0.4 is 24.7 Å². The SMILES string of the molecule is COc1ccc(C2=CC(c3ccc(OC)c(OC)c3)N(C(=O)CCC(=O)[O-])N2)cc1. The lowest BCUT2D eigenvalue weighted by Gasteiger charge is -2.26. The summed E-state index contributed by atoms with van der Waals surface area (Å²) in [5.74, 6) is 0.188. The monoisotopic (exact) mass is 411 g/mol. The van der Waals surface area contributed by atoms with Crippen molar-refractivity contribution in [2.45, 2.75) is 18.9 Å². The number of hydrogen-bond acceptors (Lipinski definition) is 7. The number of carboxylic acid groups (broad SMARTS) is 1. The zero-order valence-corrected chi connectivity index (χ0v) is 17.0. The van der Waals surface area contributed by atoms with Crippen molar-refractivity contribution in [1.82, 2.24) is 10.4 Å². The predicted octanol–water partition coefficient (Wildman–Crippen LogP) is 1.67. The van der Waals surface area contributed by atoms with Crippen LogP contribution in [0.4, 0.5) is 0 Å². The van der Waals surface area contributed by atoms with Crippen LogP contribution in [0.25, 0.3) is 5.70 Å². The molecule has 1 amide bonds. The summed E-state index contributed by atoms with van der Waals surface area (Å²) in [5.41, 5.74) is 5.46. The Bertz CT molecular complexity index is 955. The summed E-state index contributed by atoms with van der Waals surface area (Å²) in [4.78, 5) is 23.6.